The molecule has 0 aromatic heterocycles. The Morgan fingerprint density at radius 2 is 1.70 bits per heavy atom. The Morgan fingerprint density at radius 3 is 2.40 bits per heavy atom. The largest absolute Gasteiger partial charge is 0.314 e. The van der Waals surface area contributed by atoms with E-state index in [1.165, 1.54) is 70.9 Å². The number of nitrogens with zero attached hydrogens (tertiary/aromatic N) is 1. The van der Waals surface area contributed by atoms with Gasteiger partial charge in [-0.3, -0.25) is 0 Å². The summed E-state index contributed by atoms with van der Waals surface area (Å²) in [5.74, 6) is 1.85. The van der Waals surface area contributed by atoms with E-state index >= 15 is 0 Å². The first-order valence-electron chi connectivity index (χ1n) is 9.14. The average molecular weight is 281 g/mol. The van der Waals surface area contributed by atoms with Crippen molar-refractivity contribution in [2.45, 2.75) is 83.7 Å². The molecule has 0 aliphatic heterocycles. The predicted octanol–water partition coefficient (Wildman–Crippen LogP) is 4.06. The number of nitrogens with one attached hydrogen (secondary N) is 1. The molecule has 2 atom stereocenters. The number of hydrogen-bond donors (Lipinski definition) is 1. The van der Waals surface area contributed by atoms with E-state index in [1.807, 2.05) is 0 Å². The van der Waals surface area contributed by atoms with Gasteiger partial charge in [-0.25, -0.2) is 0 Å². The second kappa shape index (κ2) is 8.38. The molecule has 20 heavy (non-hydrogen) atoms. The van der Waals surface area contributed by atoms with Crippen LogP contribution in [0.5, 0.6) is 0 Å². The first-order valence-corrected chi connectivity index (χ1v) is 9.14. The van der Waals surface area contributed by atoms with Gasteiger partial charge in [0.25, 0.3) is 0 Å². The molecule has 1 N–H and O–H groups in total. The Labute approximate surface area is 126 Å². The van der Waals surface area contributed by atoms with Crippen LogP contribution in [-0.4, -0.2) is 37.1 Å². The summed E-state index contributed by atoms with van der Waals surface area (Å²) >= 11 is 0. The van der Waals surface area contributed by atoms with Crippen LogP contribution in [0.2, 0.25) is 0 Å². The minimum Gasteiger partial charge on any atom is -0.314 e. The molecule has 0 heterocycles. The van der Waals surface area contributed by atoms with Gasteiger partial charge in [0.05, 0.1) is 0 Å². The maximum Gasteiger partial charge on any atom is 0.0107 e. The summed E-state index contributed by atoms with van der Waals surface area (Å²) in [5.41, 5.74) is 0. The van der Waals surface area contributed by atoms with E-state index in [0.717, 1.165) is 23.9 Å². The lowest BCUT2D eigenvalue weighted by molar-refractivity contribution is 0.121. The summed E-state index contributed by atoms with van der Waals surface area (Å²) in [6, 6.07) is 1.65. The van der Waals surface area contributed by atoms with Gasteiger partial charge in [0.1, 0.15) is 0 Å². The highest BCUT2D eigenvalue weighted by molar-refractivity contribution is 4.85. The van der Waals surface area contributed by atoms with E-state index in [1.54, 1.807) is 0 Å². The molecule has 0 bridgehead atoms. The number of hydrogen-bond acceptors (Lipinski definition) is 2. The van der Waals surface area contributed by atoms with Crippen molar-refractivity contribution in [2.24, 2.45) is 11.8 Å². The van der Waals surface area contributed by atoms with Crippen molar-refractivity contribution in [3.8, 4) is 0 Å². The Balaban J connectivity index is 1.79. The van der Waals surface area contributed by atoms with E-state index in [4.69, 9.17) is 0 Å². The minimum absolute atomic E-state index is 0.786. The minimum atomic E-state index is 0.786. The van der Waals surface area contributed by atoms with Crippen LogP contribution in [0.1, 0.15) is 71.6 Å². The highest BCUT2D eigenvalue weighted by Crippen LogP contribution is 2.30. The molecule has 2 fully saturated rings. The van der Waals surface area contributed by atoms with Gasteiger partial charge < -0.3 is 10.2 Å². The van der Waals surface area contributed by atoms with Crippen molar-refractivity contribution in [1.29, 1.82) is 0 Å². The molecule has 2 rings (SSSR count). The Bertz CT molecular complexity index is 258. The van der Waals surface area contributed by atoms with E-state index < -0.39 is 0 Å². The lowest BCUT2D eigenvalue weighted by atomic mass is 9.82. The molecular weight excluding hydrogens is 244 g/mol. The normalized spacial score (nSPS) is 35.4. The predicted molar refractivity (Wildman–Crippen MR) is 88.1 cm³/mol. The molecule has 0 amide bonds. The van der Waals surface area contributed by atoms with Crippen molar-refractivity contribution >= 4 is 0 Å². The van der Waals surface area contributed by atoms with Crippen LogP contribution in [0.25, 0.3) is 0 Å². The molecule has 118 valence electrons. The van der Waals surface area contributed by atoms with Gasteiger partial charge in [0.15, 0.2) is 0 Å². The summed E-state index contributed by atoms with van der Waals surface area (Å²) in [7, 11) is 2.38. The standard InChI is InChI=1S/C18H36N2/c1-4-13-19-18-8-6-5-7-16(18)14-20(3)17-11-9-15(2)10-12-17/h15-19H,4-14H2,1-3H3. The maximum atomic E-state index is 3.81. The van der Waals surface area contributed by atoms with Crippen molar-refractivity contribution in [3.63, 3.8) is 0 Å². The second-order valence-corrected chi connectivity index (χ2v) is 7.46. The fourth-order valence-corrected chi connectivity index (χ4v) is 4.23. The highest BCUT2D eigenvalue weighted by atomic mass is 15.1. The van der Waals surface area contributed by atoms with Gasteiger partial charge in [0.2, 0.25) is 0 Å². The van der Waals surface area contributed by atoms with Crippen molar-refractivity contribution in [3.05, 3.63) is 0 Å². The van der Waals surface area contributed by atoms with Crippen LogP contribution in [0.3, 0.4) is 0 Å². The van der Waals surface area contributed by atoms with E-state index in [2.05, 4.69) is 31.1 Å². The molecule has 0 radical (unpaired) electrons. The van der Waals surface area contributed by atoms with Crippen LogP contribution in [0.4, 0.5) is 0 Å². The van der Waals surface area contributed by atoms with Crippen LogP contribution in [-0.2, 0) is 0 Å². The molecule has 2 saturated carbocycles. The van der Waals surface area contributed by atoms with Crippen LogP contribution in [0.15, 0.2) is 0 Å². The van der Waals surface area contributed by atoms with Crippen LogP contribution in [0, 0.1) is 11.8 Å². The highest BCUT2D eigenvalue weighted by Gasteiger charge is 2.28. The smallest absolute Gasteiger partial charge is 0.0107 e. The van der Waals surface area contributed by atoms with Crippen LogP contribution < -0.4 is 5.32 Å². The third-order valence-corrected chi connectivity index (χ3v) is 5.70. The van der Waals surface area contributed by atoms with Gasteiger partial charge >= 0.3 is 0 Å². The van der Waals surface area contributed by atoms with Crippen molar-refractivity contribution < 1.29 is 0 Å². The van der Waals surface area contributed by atoms with Crippen molar-refractivity contribution in [1.82, 2.24) is 10.2 Å². The quantitative estimate of drug-likeness (QED) is 0.789. The lowest BCUT2D eigenvalue weighted by Crippen LogP contribution is -2.46. The Hall–Kier alpha value is -0.0800. The molecule has 2 nitrogen and oxygen atoms in total. The lowest BCUT2D eigenvalue weighted by Gasteiger charge is -2.39. The molecule has 2 unspecified atom stereocenters. The topological polar surface area (TPSA) is 15.3 Å². The fraction of sp³-hybridized carbons (Fsp3) is 1.00. The first-order chi connectivity index (χ1) is 9.70. The van der Waals surface area contributed by atoms with E-state index in [-0.39, 0.29) is 0 Å². The molecule has 2 heteroatoms. The zero-order valence-corrected chi connectivity index (χ0v) is 14.0. The van der Waals surface area contributed by atoms with Gasteiger partial charge in [-0.05, 0) is 70.4 Å². The SMILES string of the molecule is CCCNC1CCCCC1CN(C)C1CCC(C)CC1. The number of rotatable bonds is 6. The summed E-state index contributed by atoms with van der Waals surface area (Å²) in [6.45, 7) is 7.22. The second-order valence-electron chi connectivity index (χ2n) is 7.46. The van der Waals surface area contributed by atoms with Gasteiger partial charge in [0, 0.05) is 18.6 Å². The third-order valence-electron chi connectivity index (χ3n) is 5.70. The van der Waals surface area contributed by atoms with E-state index in [0.29, 0.717) is 0 Å². The molecule has 2 aliphatic carbocycles. The molecule has 0 aromatic rings. The maximum absolute atomic E-state index is 3.81. The zero-order chi connectivity index (χ0) is 14.4. The monoisotopic (exact) mass is 280 g/mol. The molecule has 0 spiro atoms. The Kier molecular flexibility index (Phi) is 6.83. The summed E-state index contributed by atoms with van der Waals surface area (Å²) in [5, 5.41) is 3.81. The molecule has 0 aromatic carbocycles. The summed E-state index contributed by atoms with van der Waals surface area (Å²) in [4.78, 5) is 2.70. The summed E-state index contributed by atoms with van der Waals surface area (Å²) in [6.07, 6.45) is 12.7. The average Bonchev–Trinajstić information content (AvgIpc) is 2.47. The van der Waals surface area contributed by atoms with Gasteiger partial charge in [-0.2, -0.15) is 0 Å². The third kappa shape index (κ3) is 4.73. The molecule has 2 aliphatic rings. The van der Waals surface area contributed by atoms with Crippen LogP contribution >= 0.6 is 0 Å². The first kappa shape index (κ1) is 16.3. The zero-order valence-electron chi connectivity index (χ0n) is 14.0. The van der Waals surface area contributed by atoms with Gasteiger partial charge in [-0.15, -0.1) is 0 Å². The Morgan fingerprint density at radius 1 is 1.00 bits per heavy atom. The van der Waals surface area contributed by atoms with Crippen molar-refractivity contribution in [2.75, 3.05) is 20.1 Å². The summed E-state index contributed by atoms with van der Waals surface area (Å²) < 4.78 is 0. The van der Waals surface area contributed by atoms with E-state index in [9.17, 15) is 0 Å². The fourth-order valence-electron chi connectivity index (χ4n) is 4.23. The van der Waals surface area contributed by atoms with Gasteiger partial charge in [-0.1, -0.05) is 26.7 Å². The molecular formula is C18H36N2. The molecule has 0 saturated heterocycles.